The van der Waals surface area contributed by atoms with Crippen LogP contribution in [0.4, 0.5) is 0 Å². The van der Waals surface area contributed by atoms with Crippen LogP contribution >= 0.6 is 11.6 Å². The van der Waals surface area contributed by atoms with E-state index in [1.807, 2.05) is 6.92 Å². The summed E-state index contributed by atoms with van der Waals surface area (Å²) >= 11 is 5.82. The number of carbonyl (C=O) groups is 3. The lowest BCUT2D eigenvalue weighted by Crippen LogP contribution is -2.40. The third kappa shape index (κ3) is 7.95. The van der Waals surface area contributed by atoms with E-state index in [1.54, 1.807) is 24.3 Å². The molecule has 2 atom stereocenters. The van der Waals surface area contributed by atoms with Gasteiger partial charge in [0, 0.05) is 17.5 Å². The number of nitrogens with one attached hydrogen (secondary N) is 1. The van der Waals surface area contributed by atoms with Crippen LogP contribution in [0.5, 0.6) is 0 Å². The Bertz CT molecular complexity index is 595. The number of hydrogen-bond acceptors (Lipinski definition) is 5. The average Bonchev–Trinajstić information content (AvgIpc) is 2.63. The first-order chi connectivity index (χ1) is 12.4. The fraction of sp³-hybridized carbons (Fsp3) is 0.500. The third-order valence-corrected chi connectivity index (χ3v) is 4.26. The molecule has 0 heterocycles. The molecule has 0 spiro atoms. The SMILES string of the molecule is CCCCC(CN(O)C=O)C(=O)NCC(=O)CC(N)c1ccc(Cl)cc1. The Morgan fingerprint density at radius 2 is 2.00 bits per heavy atom. The van der Waals surface area contributed by atoms with Crippen molar-refractivity contribution in [3.63, 3.8) is 0 Å². The van der Waals surface area contributed by atoms with E-state index in [0.29, 0.717) is 16.5 Å². The van der Waals surface area contributed by atoms with Crippen molar-refractivity contribution in [2.45, 2.75) is 38.6 Å². The second-order valence-corrected chi connectivity index (χ2v) is 6.62. The minimum atomic E-state index is -0.567. The highest BCUT2D eigenvalue weighted by atomic mass is 35.5. The van der Waals surface area contributed by atoms with Gasteiger partial charge >= 0.3 is 0 Å². The number of nitrogens with two attached hydrogens (primary N) is 1. The fourth-order valence-corrected chi connectivity index (χ4v) is 2.63. The zero-order valence-electron chi connectivity index (χ0n) is 14.9. The zero-order valence-corrected chi connectivity index (χ0v) is 15.6. The first-order valence-electron chi connectivity index (χ1n) is 8.58. The molecule has 8 heteroatoms. The molecule has 0 aliphatic rings. The monoisotopic (exact) mass is 383 g/mol. The lowest BCUT2D eigenvalue weighted by Gasteiger charge is -2.19. The number of nitrogens with zero attached hydrogens (tertiary/aromatic N) is 1. The van der Waals surface area contributed by atoms with Crippen molar-refractivity contribution in [3.8, 4) is 0 Å². The predicted octanol–water partition coefficient (Wildman–Crippen LogP) is 2.07. The minimum Gasteiger partial charge on any atom is -0.349 e. The quantitative estimate of drug-likeness (QED) is 0.290. The molecule has 0 bridgehead atoms. The normalized spacial score (nSPS) is 12.9. The van der Waals surface area contributed by atoms with Crippen molar-refractivity contribution < 1.29 is 19.6 Å². The van der Waals surface area contributed by atoms with Crippen LogP contribution in [0.15, 0.2) is 24.3 Å². The molecule has 0 aliphatic heterocycles. The first kappa shape index (κ1) is 22.1. The van der Waals surface area contributed by atoms with Crippen molar-refractivity contribution in [2.24, 2.45) is 11.7 Å². The second-order valence-electron chi connectivity index (χ2n) is 6.19. The molecule has 1 aromatic rings. The number of ketones is 1. The van der Waals surface area contributed by atoms with E-state index in [1.165, 1.54) is 0 Å². The highest BCUT2D eigenvalue weighted by molar-refractivity contribution is 6.30. The highest BCUT2D eigenvalue weighted by Crippen LogP contribution is 2.17. The molecule has 0 radical (unpaired) electrons. The summed E-state index contributed by atoms with van der Waals surface area (Å²) in [6, 6.07) is 6.45. The van der Waals surface area contributed by atoms with Gasteiger partial charge in [0.15, 0.2) is 5.78 Å². The van der Waals surface area contributed by atoms with Crippen LogP contribution in [0.3, 0.4) is 0 Å². The second kappa shape index (κ2) is 11.6. The Morgan fingerprint density at radius 1 is 1.35 bits per heavy atom. The van der Waals surface area contributed by atoms with E-state index in [4.69, 9.17) is 17.3 Å². The molecule has 0 fully saturated rings. The van der Waals surface area contributed by atoms with E-state index in [-0.39, 0.29) is 37.6 Å². The molecular formula is C18H26ClN3O4. The summed E-state index contributed by atoms with van der Waals surface area (Å²) in [5.41, 5.74) is 6.80. The van der Waals surface area contributed by atoms with E-state index >= 15 is 0 Å². The standard InChI is InChI=1S/C18H26ClN3O4/c1-2-3-4-14(11-22(26)12-23)18(25)21-10-16(24)9-17(20)13-5-7-15(19)8-6-13/h5-8,12,14,17,26H,2-4,9-11,20H2,1H3,(H,21,25). The van der Waals surface area contributed by atoms with Crippen LogP contribution in [-0.2, 0) is 14.4 Å². The van der Waals surface area contributed by atoms with Crippen molar-refractivity contribution in [3.05, 3.63) is 34.9 Å². The molecule has 7 nitrogen and oxygen atoms in total. The lowest BCUT2D eigenvalue weighted by atomic mass is 10.00. The zero-order chi connectivity index (χ0) is 19.5. The molecule has 0 saturated carbocycles. The largest absolute Gasteiger partial charge is 0.349 e. The number of unbranched alkanes of at least 4 members (excludes halogenated alkanes) is 1. The van der Waals surface area contributed by atoms with Crippen molar-refractivity contribution in [1.29, 1.82) is 0 Å². The van der Waals surface area contributed by atoms with E-state index in [0.717, 1.165) is 18.4 Å². The fourth-order valence-electron chi connectivity index (χ4n) is 2.50. The van der Waals surface area contributed by atoms with Gasteiger partial charge in [-0.25, -0.2) is 5.06 Å². The number of hydrogen-bond donors (Lipinski definition) is 3. The molecule has 0 aliphatic carbocycles. The predicted molar refractivity (Wildman–Crippen MR) is 98.6 cm³/mol. The molecule has 2 amide bonds. The Kier molecular flexibility index (Phi) is 9.87. The smallest absolute Gasteiger partial charge is 0.233 e. The summed E-state index contributed by atoms with van der Waals surface area (Å²) in [6.45, 7) is 1.73. The van der Waals surface area contributed by atoms with E-state index < -0.39 is 12.0 Å². The van der Waals surface area contributed by atoms with Crippen molar-refractivity contribution >= 4 is 29.7 Å². The molecule has 0 aromatic heterocycles. The number of hydroxylamine groups is 2. The number of rotatable bonds is 12. The number of carbonyl (C=O) groups excluding carboxylic acids is 3. The lowest BCUT2D eigenvalue weighted by molar-refractivity contribution is -0.154. The van der Waals surface area contributed by atoms with Gasteiger partial charge in [-0.15, -0.1) is 0 Å². The molecule has 4 N–H and O–H groups in total. The molecule has 2 unspecified atom stereocenters. The van der Waals surface area contributed by atoms with E-state index in [9.17, 15) is 19.6 Å². The maximum atomic E-state index is 12.2. The van der Waals surface area contributed by atoms with Gasteiger partial charge in [0.1, 0.15) is 0 Å². The van der Waals surface area contributed by atoms with Crippen LogP contribution < -0.4 is 11.1 Å². The number of amides is 2. The number of benzene rings is 1. The number of Topliss-reactive ketones (excluding diaryl/α,β-unsaturated/α-hetero) is 1. The van der Waals surface area contributed by atoms with Crippen molar-refractivity contribution in [2.75, 3.05) is 13.1 Å². The Balaban J connectivity index is 2.50. The van der Waals surface area contributed by atoms with Gasteiger partial charge in [0.05, 0.1) is 19.0 Å². The van der Waals surface area contributed by atoms with Gasteiger partial charge in [-0.1, -0.05) is 43.5 Å². The van der Waals surface area contributed by atoms with Gasteiger partial charge in [-0.2, -0.15) is 0 Å². The maximum Gasteiger partial charge on any atom is 0.233 e. The third-order valence-electron chi connectivity index (χ3n) is 4.01. The average molecular weight is 384 g/mol. The summed E-state index contributed by atoms with van der Waals surface area (Å²) in [5, 5.41) is 12.9. The molecule has 1 rings (SSSR count). The Labute approximate surface area is 158 Å². The summed E-state index contributed by atoms with van der Waals surface area (Å²) in [6.07, 6.45) is 2.52. The van der Waals surface area contributed by atoms with Crippen LogP contribution in [0.25, 0.3) is 0 Å². The summed E-state index contributed by atoms with van der Waals surface area (Å²) in [4.78, 5) is 34.9. The Hall–Kier alpha value is -1.96. The highest BCUT2D eigenvalue weighted by Gasteiger charge is 2.21. The maximum absolute atomic E-state index is 12.2. The number of halogens is 1. The van der Waals surface area contributed by atoms with Crippen LogP contribution in [0.1, 0.15) is 44.2 Å². The van der Waals surface area contributed by atoms with Gasteiger partial charge in [0.25, 0.3) is 0 Å². The van der Waals surface area contributed by atoms with Gasteiger partial charge < -0.3 is 11.1 Å². The topological polar surface area (TPSA) is 113 Å². The molecule has 144 valence electrons. The molecule has 26 heavy (non-hydrogen) atoms. The van der Waals surface area contributed by atoms with Gasteiger partial charge in [-0.05, 0) is 24.1 Å². The van der Waals surface area contributed by atoms with Crippen LogP contribution in [0.2, 0.25) is 5.02 Å². The molecular weight excluding hydrogens is 358 g/mol. The summed E-state index contributed by atoms with van der Waals surface area (Å²) < 4.78 is 0. The minimum absolute atomic E-state index is 0.0853. The first-order valence-corrected chi connectivity index (χ1v) is 8.96. The molecule has 0 saturated heterocycles. The molecule has 1 aromatic carbocycles. The van der Waals surface area contributed by atoms with Crippen LogP contribution in [0, 0.1) is 5.92 Å². The summed E-state index contributed by atoms with van der Waals surface area (Å²) in [7, 11) is 0. The Morgan fingerprint density at radius 3 is 2.58 bits per heavy atom. The summed E-state index contributed by atoms with van der Waals surface area (Å²) in [5.74, 6) is -1.14. The van der Waals surface area contributed by atoms with E-state index in [2.05, 4.69) is 5.32 Å². The van der Waals surface area contributed by atoms with Crippen LogP contribution in [-0.4, -0.2) is 41.5 Å². The van der Waals surface area contributed by atoms with Gasteiger partial charge in [0.2, 0.25) is 12.3 Å². The van der Waals surface area contributed by atoms with Gasteiger partial charge in [-0.3, -0.25) is 19.6 Å². The van der Waals surface area contributed by atoms with Crippen molar-refractivity contribution in [1.82, 2.24) is 10.4 Å².